The van der Waals surface area contributed by atoms with Gasteiger partial charge < -0.3 is 14.2 Å². The van der Waals surface area contributed by atoms with E-state index in [2.05, 4.69) is 54.2 Å². The average Bonchev–Trinajstić information content (AvgIpc) is 3.00. The molecule has 0 saturated carbocycles. The van der Waals surface area contributed by atoms with Gasteiger partial charge in [0.25, 0.3) is 0 Å². The number of hydrogen-bond acceptors (Lipinski definition) is 5. The van der Waals surface area contributed by atoms with Gasteiger partial charge in [-0.25, -0.2) is 4.85 Å². The lowest BCUT2D eigenvalue weighted by Crippen LogP contribution is -2.45. The van der Waals surface area contributed by atoms with Crippen LogP contribution in [0, 0.1) is 20.4 Å². The Kier molecular flexibility index (Phi) is 6.59. The molecule has 8 heteroatoms. The van der Waals surface area contributed by atoms with Crippen LogP contribution in [0.5, 0.6) is 0 Å². The molecule has 28 heavy (non-hydrogen) atoms. The summed E-state index contributed by atoms with van der Waals surface area (Å²) in [6.45, 7) is 23.9. The van der Waals surface area contributed by atoms with E-state index in [1.54, 1.807) is 13.0 Å². The molecule has 1 aromatic heterocycles. The highest BCUT2D eigenvalue weighted by atomic mass is 35.5. The van der Waals surface area contributed by atoms with E-state index in [4.69, 9.17) is 27.0 Å². The van der Waals surface area contributed by atoms with Crippen LogP contribution in [0.15, 0.2) is 16.5 Å². The number of nitrogens with one attached hydrogen (secondary N) is 1. The van der Waals surface area contributed by atoms with Crippen molar-refractivity contribution in [2.24, 2.45) is 0 Å². The molecule has 0 bridgehead atoms. The van der Waals surface area contributed by atoms with E-state index in [1.807, 2.05) is 19.9 Å². The smallest absolute Gasteiger partial charge is 0.241 e. The number of anilines is 1. The molecule has 0 aliphatic heterocycles. The van der Waals surface area contributed by atoms with Gasteiger partial charge in [0.05, 0.1) is 17.7 Å². The van der Waals surface area contributed by atoms with E-state index < -0.39 is 8.32 Å². The zero-order chi connectivity index (χ0) is 21.3. The van der Waals surface area contributed by atoms with E-state index in [0.29, 0.717) is 22.5 Å². The Balaban J connectivity index is 2.39. The van der Waals surface area contributed by atoms with Gasteiger partial charge in [0.1, 0.15) is 6.04 Å². The number of rotatable bonds is 6. The van der Waals surface area contributed by atoms with Crippen LogP contribution in [0.25, 0.3) is 4.85 Å². The molecule has 1 aromatic carbocycles. The van der Waals surface area contributed by atoms with E-state index in [-0.39, 0.29) is 17.2 Å². The minimum atomic E-state index is -2.01. The van der Waals surface area contributed by atoms with Crippen LogP contribution >= 0.6 is 11.6 Å². The molecule has 2 atom stereocenters. The van der Waals surface area contributed by atoms with Crippen LogP contribution < -0.4 is 5.32 Å². The molecule has 0 spiro atoms. The molecule has 6 nitrogen and oxygen atoms in total. The zero-order valence-electron chi connectivity index (χ0n) is 17.8. The Hall–Kier alpha value is -1.88. The summed E-state index contributed by atoms with van der Waals surface area (Å²) in [4.78, 5) is 3.45. The third-order valence-corrected chi connectivity index (χ3v) is 10.4. The molecular weight excluding hydrogens is 392 g/mol. The van der Waals surface area contributed by atoms with Crippen LogP contribution in [0.1, 0.15) is 51.1 Å². The highest BCUT2D eigenvalue weighted by Crippen LogP contribution is 2.40. The van der Waals surface area contributed by atoms with Gasteiger partial charge >= 0.3 is 0 Å². The summed E-state index contributed by atoms with van der Waals surface area (Å²) in [5.74, 6) is 0.966. The fraction of sp³-hybridized carbons (Fsp3) is 0.550. The molecule has 0 unspecified atom stereocenters. The molecule has 1 N–H and O–H groups in total. The van der Waals surface area contributed by atoms with Gasteiger partial charge in [-0.15, -0.1) is 10.2 Å². The van der Waals surface area contributed by atoms with Gasteiger partial charge in [-0.1, -0.05) is 38.4 Å². The lowest BCUT2D eigenvalue weighted by atomic mass is 10.1. The van der Waals surface area contributed by atoms with Gasteiger partial charge in [-0.2, -0.15) is 0 Å². The van der Waals surface area contributed by atoms with Crippen molar-refractivity contribution in [1.82, 2.24) is 10.2 Å². The second kappa shape index (κ2) is 8.24. The van der Waals surface area contributed by atoms with Crippen molar-refractivity contribution in [1.29, 1.82) is 0 Å². The minimum absolute atomic E-state index is 0.0765. The molecule has 2 aromatic rings. The summed E-state index contributed by atoms with van der Waals surface area (Å²) in [5.41, 5.74) is 2.04. The molecule has 0 amide bonds. The van der Waals surface area contributed by atoms with Gasteiger partial charge in [0.15, 0.2) is 8.32 Å². The molecular formula is C20H29ClN4O2Si. The predicted octanol–water partition coefficient (Wildman–Crippen LogP) is 6.45. The highest BCUT2D eigenvalue weighted by Gasteiger charge is 2.40. The van der Waals surface area contributed by atoms with E-state index in [9.17, 15) is 0 Å². The first-order chi connectivity index (χ1) is 12.9. The molecule has 152 valence electrons. The molecule has 0 aliphatic carbocycles. The Labute approximate surface area is 173 Å². The summed E-state index contributed by atoms with van der Waals surface area (Å²) in [6, 6.07) is 3.22. The van der Waals surface area contributed by atoms with Crippen LogP contribution in [-0.4, -0.2) is 24.6 Å². The fourth-order valence-electron chi connectivity index (χ4n) is 2.61. The standard InChI is InChI=1S/C20H29ClN4O2Si/c1-12-15(10-11-16(22-7)17(12)21)23-18(19-25-24-14(3)26-19)13(2)27-28(8,9)20(4,5)6/h10-11,13,18,23H,1-6,8-9H3/t13-,18+/m0/s1. The summed E-state index contributed by atoms with van der Waals surface area (Å²) in [5, 5.41) is 12.2. The maximum atomic E-state index is 7.23. The fourth-order valence-corrected chi connectivity index (χ4v) is 4.23. The minimum Gasteiger partial charge on any atom is -0.423 e. The Morgan fingerprint density at radius 3 is 2.39 bits per heavy atom. The van der Waals surface area contributed by atoms with Gasteiger partial charge in [-0.05, 0) is 43.6 Å². The number of aryl methyl sites for hydroxylation is 1. The van der Waals surface area contributed by atoms with Crippen LogP contribution in [0.3, 0.4) is 0 Å². The van der Waals surface area contributed by atoms with Gasteiger partial charge in [0, 0.05) is 12.6 Å². The van der Waals surface area contributed by atoms with Crippen molar-refractivity contribution in [3.63, 3.8) is 0 Å². The third kappa shape index (κ3) is 4.74. The first kappa shape index (κ1) is 22.4. The van der Waals surface area contributed by atoms with E-state index >= 15 is 0 Å². The summed E-state index contributed by atoms with van der Waals surface area (Å²) in [6.07, 6.45) is -0.209. The normalized spacial score (nSPS) is 14.4. The number of hydrogen-bond donors (Lipinski definition) is 1. The van der Waals surface area contributed by atoms with Crippen molar-refractivity contribution in [3.8, 4) is 0 Å². The number of aromatic nitrogens is 2. The molecule has 0 saturated heterocycles. The van der Waals surface area contributed by atoms with Crippen molar-refractivity contribution in [2.75, 3.05) is 5.32 Å². The monoisotopic (exact) mass is 420 g/mol. The summed E-state index contributed by atoms with van der Waals surface area (Å²) in [7, 11) is -2.01. The quantitative estimate of drug-likeness (QED) is 0.429. The first-order valence-corrected chi connectivity index (χ1v) is 12.6. The lowest BCUT2D eigenvalue weighted by Gasteiger charge is -2.40. The van der Waals surface area contributed by atoms with Crippen molar-refractivity contribution in [3.05, 3.63) is 45.9 Å². The number of nitrogens with zero attached hydrogens (tertiary/aromatic N) is 3. The van der Waals surface area contributed by atoms with Crippen LogP contribution in [-0.2, 0) is 4.43 Å². The molecule has 0 fully saturated rings. The van der Waals surface area contributed by atoms with Crippen LogP contribution in [0.2, 0.25) is 23.2 Å². The molecule has 0 radical (unpaired) electrons. The third-order valence-electron chi connectivity index (χ3n) is 5.36. The summed E-state index contributed by atoms with van der Waals surface area (Å²) >= 11 is 6.35. The second-order valence-corrected chi connectivity index (χ2v) is 13.7. The van der Waals surface area contributed by atoms with Crippen molar-refractivity contribution >= 4 is 31.3 Å². The van der Waals surface area contributed by atoms with Gasteiger partial charge in [0.2, 0.25) is 17.5 Å². The highest BCUT2D eigenvalue weighted by molar-refractivity contribution is 6.74. The van der Waals surface area contributed by atoms with Crippen LogP contribution in [0.4, 0.5) is 11.4 Å². The molecule has 2 rings (SSSR count). The SMILES string of the molecule is [C-]#[N+]c1ccc(N[C@@H](c2nnc(C)o2)[C@H](C)O[Si](C)(C)C(C)(C)C)c(C)c1Cl. The topological polar surface area (TPSA) is 64.5 Å². The van der Waals surface area contributed by atoms with Gasteiger partial charge in [-0.3, -0.25) is 0 Å². The largest absolute Gasteiger partial charge is 0.423 e. The summed E-state index contributed by atoms with van der Waals surface area (Å²) < 4.78 is 12.3. The van der Waals surface area contributed by atoms with E-state index in [0.717, 1.165) is 11.3 Å². The Bertz CT molecular complexity index is 883. The Morgan fingerprint density at radius 2 is 1.89 bits per heavy atom. The second-order valence-electron chi connectivity index (χ2n) is 8.55. The first-order valence-electron chi connectivity index (χ1n) is 9.28. The van der Waals surface area contributed by atoms with Crippen molar-refractivity contribution in [2.45, 2.75) is 71.8 Å². The number of halogens is 1. The maximum Gasteiger partial charge on any atom is 0.241 e. The lowest BCUT2D eigenvalue weighted by molar-refractivity contribution is 0.165. The molecule has 0 aliphatic rings. The van der Waals surface area contributed by atoms with Crippen molar-refractivity contribution < 1.29 is 8.84 Å². The Morgan fingerprint density at radius 1 is 1.25 bits per heavy atom. The van der Waals surface area contributed by atoms with E-state index in [1.165, 1.54) is 0 Å². The maximum absolute atomic E-state index is 7.23. The molecule has 1 heterocycles. The number of benzene rings is 1. The zero-order valence-corrected chi connectivity index (χ0v) is 19.6. The average molecular weight is 421 g/mol. The predicted molar refractivity (Wildman–Crippen MR) is 116 cm³/mol.